The van der Waals surface area contributed by atoms with Crippen LogP contribution in [0.5, 0.6) is 11.5 Å². The van der Waals surface area contributed by atoms with Crippen molar-refractivity contribution >= 4 is 17.5 Å². The molecule has 0 heterocycles. The van der Waals surface area contributed by atoms with Gasteiger partial charge in [-0.15, -0.1) is 11.6 Å². The van der Waals surface area contributed by atoms with Gasteiger partial charge in [0.25, 0.3) is 0 Å². The van der Waals surface area contributed by atoms with E-state index in [-0.39, 0.29) is 5.91 Å². The summed E-state index contributed by atoms with van der Waals surface area (Å²) in [5.41, 5.74) is -0.524. The molecule has 1 aromatic carbocycles. The van der Waals surface area contributed by atoms with Gasteiger partial charge in [0, 0.05) is 25.5 Å². The fourth-order valence-corrected chi connectivity index (χ4v) is 1.97. The summed E-state index contributed by atoms with van der Waals surface area (Å²) < 4.78 is 10.8. The van der Waals surface area contributed by atoms with Crippen molar-refractivity contribution in [1.82, 2.24) is 4.90 Å². The van der Waals surface area contributed by atoms with Gasteiger partial charge >= 0.3 is 0 Å². The van der Waals surface area contributed by atoms with E-state index in [0.29, 0.717) is 19.0 Å². The van der Waals surface area contributed by atoms with Crippen LogP contribution in [0.4, 0.5) is 0 Å². The van der Waals surface area contributed by atoms with E-state index >= 15 is 0 Å². The van der Waals surface area contributed by atoms with E-state index in [1.54, 1.807) is 19.1 Å². The molecule has 0 unspecified atom stereocenters. The van der Waals surface area contributed by atoms with Gasteiger partial charge in [-0.2, -0.15) is 0 Å². The molecular weight excluding hydrogens is 290 g/mol. The van der Waals surface area contributed by atoms with Crippen molar-refractivity contribution in [2.24, 2.45) is 5.41 Å². The third-order valence-electron chi connectivity index (χ3n) is 3.21. The molecule has 0 aromatic heterocycles. The molecule has 0 saturated heterocycles. The monoisotopic (exact) mass is 313 g/mol. The Kier molecular flexibility index (Phi) is 6.82. The fourth-order valence-electron chi connectivity index (χ4n) is 1.86. The average Bonchev–Trinajstić information content (AvgIpc) is 2.50. The van der Waals surface area contributed by atoms with Crippen molar-refractivity contribution in [1.29, 1.82) is 0 Å². The van der Waals surface area contributed by atoms with Crippen LogP contribution in [0.2, 0.25) is 0 Å². The van der Waals surface area contributed by atoms with E-state index < -0.39 is 5.41 Å². The van der Waals surface area contributed by atoms with Gasteiger partial charge in [0.1, 0.15) is 11.5 Å². The summed E-state index contributed by atoms with van der Waals surface area (Å²) in [4.78, 5) is 13.8. The van der Waals surface area contributed by atoms with Crippen LogP contribution in [-0.4, -0.2) is 44.0 Å². The number of ether oxygens (including phenoxy) is 2. The van der Waals surface area contributed by atoms with Gasteiger partial charge in [-0.05, 0) is 32.4 Å². The Bertz CT molecular complexity index is 463. The zero-order valence-corrected chi connectivity index (χ0v) is 13.9. The summed E-state index contributed by atoms with van der Waals surface area (Å²) in [7, 11) is 3.42. The summed E-state index contributed by atoms with van der Waals surface area (Å²) in [5.74, 6) is 1.91. The minimum Gasteiger partial charge on any atom is -0.497 e. The third kappa shape index (κ3) is 5.46. The van der Waals surface area contributed by atoms with E-state index in [1.807, 2.05) is 38.1 Å². The Morgan fingerprint density at radius 3 is 2.62 bits per heavy atom. The third-order valence-corrected chi connectivity index (χ3v) is 3.88. The van der Waals surface area contributed by atoms with Gasteiger partial charge < -0.3 is 14.4 Å². The zero-order chi connectivity index (χ0) is 15.9. The van der Waals surface area contributed by atoms with E-state index in [1.165, 1.54) is 0 Å². The number of hydrogen-bond acceptors (Lipinski definition) is 3. The van der Waals surface area contributed by atoms with E-state index in [9.17, 15) is 4.79 Å². The molecule has 118 valence electrons. The molecule has 0 aliphatic heterocycles. The van der Waals surface area contributed by atoms with Crippen LogP contribution < -0.4 is 9.47 Å². The summed E-state index contributed by atoms with van der Waals surface area (Å²) >= 11 is 5.82. The van der Waals surface area contributed by atoms with Gasteiger partial charge in [0.05, 0.1) is 19.1 Å². The number of benzene rings is 1. The molecule has 0 fully saturated rings. The predicted octanol–water partition coefficient (Wildman–Crippen LogP) is 3.19. The highest BCUT2D eigenvalue weighted by atomic mass is 35.5. The SMILES string of the molecule is COc1cccc(OCCCN(C)C(=O)C(C)(C)CCl)c1. The second-order valence-electron chi connectivity index (χ2n) is 5.63. The zero-order valence-electron chi connectivity index (χ0n) is 13.2. The molecule has 1 amide bonds. The van der Waals surface area contributed by atoms with Crippen LogP contribution >= 0.6 is 11.6 Å². The number of hydrogen-bond donors (Lipinski definition) is 0. The van der Waals surface area contributed by atoms with Crippen molar-refractivity contribution in [3.63, 3.8) is 0 Å². The van der Waals surface area contributed by atoms with Crippen LogP contribution in [-0.2, 0) is 4.79 Å². The number of halogens is 1. The van der Waals surface area contributed by atoms with Crippen molar-refractivity contribution in [3.05, 3.63) is 24.3 Å². The molecule has 21 heavy (non-hydrogen) atoms. The molecule has 0 atom stereocenters. The van der Waals surface area contributed by atoms with Crippen molar-refractivity contribution in [2.45, 2.75) is 20.3 Å². The molecule has 0 N–H and O–H groups in total. The van der Waals surface area contributed by atoms with Crippen LogP contribution in [0, 0.1) is 5.41 Å². The first-order chi connectivity index (χ1) is 9.90. The first kappa shape index (κ1) is 17.6. The smallest absolute Gasteiger partial charge is 0.229 e. The number of methoxy groups -OCH3 is 1. The lowest BCUT2D eigenvalue weighted by atomic mass is 9.94. The number of carbonyl (C=O) groups is 1. The van der Waals surface area contributed by atoms with Crippen molar-refractivity contribution in [3.8, 4) is 11.5 Å². The molecule has 0 spiro atoms. The maximum absolute atomic E-state index is 12.1. The van der Waals surface area contributed by atoms with Crippen LogP contribution in [0.3, 0.4) is 0 Å². The van der Waals surface area contributed by atoms with Gasteiger partial charge in [-0.1, -0.05) is 6.07 Å². The Labute approximate surface area is 132 Å². The standard InChI is InChI=1S/C16H24ClNO3/c1-16(2,12-17)15(19)18(3)9-6-10-21-14-8-5-7-13(11-14)20-4/h5,7-8,11H,6,9-10,12H2,1-4H3. The topological polar surface area (TPSA) is 38.8 Å². The molecule has 0 radical (unpaired) electrons. The lowest BCUT2D eigenvalue weighted by Gasteiger charge is -2.27. The maximum Gasteiger partial charge on any atom is 0.229 e. The Balaban J connectivity index is 2.35. The van der Waals surface area contributed by atoms with Gasteiger partial charge in [-0.3, -0.25) is 4.79 Å². The molecule has 0 bridgehead atoms. The summed E-state index contributed by atoms with van der Waals surface area (Å²) in [6, 6.07) is 7.47. The lowest BCUT2D eigenvalue weighted by Crippen LogP contribution is -2.40. The van der Waals surface area contributed by atoms with E-state index in [2.05, 4.69) is 0 Å². The Morgan fingerprint density at radius 1 is 1.33 bits per heavy atom. The molecule has 1 rings (SSSR count). The number of nitrogens with zero attached hydrogens (tertiary/aromatic N) is 1. The highest BCUT2D eigenvalue weighted by Gasteiger charge is 2.29. The number of amides is 1. The molecule has 0 aliphatic rings. The van der Waals surface area contributed by atoms with Crippen LogP contribution in [0.15, 0.2) is 24.3 Å². The first-order valence-electron chi connectivity index (χ1n) is 6.99. The van der Waals surface area contributed by atoms with Crippen LogP contribution in [0.25, 0.3) is 0 Å². The minimum absolute atomic E-state index is 0.0545. The van der Waals surface area contributed by atoms with Gasteiger partial charge in [-0.25, -0.2) is 0 Å². The molecule has 5 heteroatoms. The van der Waals surface area contributed by atoms with Crippen molar-refractivity contribution < 1.29 is 14.3 Å². The quantitative estimate of drug-likeness (QED) is 0.546. The van der Waals surface area contributed by atoms with E-state index in [0.717, 1.165) is 17.9 Å². The summed E-state index contributed by atoms with van der Waals surface area (Å²) in [6.07, 6.45) is 0.762. The molecule has 4 nitrogen and oxygen atoms in total. The van der Waals surface area contributed by atoms with Gasteiger partial charge in [0.15, 0.2) is 0 Å². The minimum atomic E-state index is -0.524. The highest BCUT2D eigenvalue weighted by molar-refractivity contribution is 6.19. The predicted molar refractivity (Wildman–Crippen MR) is 85.2 cm³/mol. The fraction of sp³-hybridized carbons (Fsp3) is 0.562. The molecular formula is C16H24ClNO3. The lowest BCUT2D eigenvalue weighted by molar-refractivity contribution is -0.137. The summed E-state index contributed by atoms with van der Waals surface area (Å²) in [6.45, 7) is 4.90. The van der Waals surface area contributed by atoms with E-state index in [4.69, 9.17) is 21.1 Å². The van der Waals surface area contributed by atoms with Crippen LogP contribution in [0.1, 0.15) is 20.3 Å². The van der Waals surface area contributed by atoms with Gasteiger partial charge in [0.2, 0.25) is 5.91 Å². The normalized spacial score (nSPS) is 11.1. The number of rotatable bonds is 8. The Morgan fingerprint density at radius 2 is 2.00 bits per heavy atom. The molecule has 0 aliphatic carbocycles. The van der Waals surface area contributed by atoms with Crippen molar-refractivity contribution in [2.75, 3.05) is 33.2 Å². The average molecular weight is 314 g/mol. The second kappa shape index (κ2) is 8.13. The summed E-state index contributed by atoms with van der Waals surface area (Å²) in [5, 5.41) is 0. The number of carbonyl (C=O) groups excluding carboxylic acids is 1. The highest BCUT2D eigenvalue weighted by Crippen LogP contribution is 2.21. The number of alkyl halides is 1. The maximum atomic E-state index is 12.1. The first-order valence-corrected chi connectivity index (χ1v) is 7.52. The largest absolute Gasteiger partial charge is 0.497 e. The Hall–Kier alpha value is -1.42. The second-order valence-corrected chi connectivity index (χ2v) is 5.89. The molecule has 0 saturated carbocycles. The molecule has 1 aromatic rings.